The Balaban J connectivity index is 1.91. The molecule has 0 spiro atoms. The van der Waals surface area contributed by atoms with Crippen molar-refractivity contribution in [2.75, 3.05) is 34.0 Å². The molecule has 0 amide bonds. The number of nitrogens with one attached hydrogen (secondary N) is 1. The van der Waals surface area contributed by atoms with Gasteiger partial charge in [0, 0.05) is 32.2 Å². The van der Waals surface area contributed by atoms with E-state index in [9.17, 15) is 5.11 Å². The second kappa shape index (κ2) is 6.23. The Morgan fingerprint density at radius 1 is 1.26 bits per heavy atom. The fourth-order valence-corrected chi connectivity index (χ4v) is 2.14. The normalized spacial score (nSPS) is 22.5. The smallest absolute Gasteiger partial charge is 0.122 e. The Morgan fingerprint density at radius 3 is 2.47 bits per heavy atom. The molecule has 0 bridgehead atoms. The van der Waals surface area contributed by atoms with Gasteiger partial charge in [-0.1, -0.05) is 0 Å². The fraction of sp³-hybridized carbons (Fsp3) is 0.571. The minimum Gasteiger partial charge on any atom is -0.497 e. The Hall–Kier alpha value is -1.30. The molecule has 1 fully saturated rings. The highest BCUT2D eigenvalue weighted by atomic mass is 16.5. The average Bonchev–Trinajstić information content (AvgIpc) is 2.85. The lowest BCUT2D eigenvalue weighted by atomic mass is 10.0. The van der Waals surface area contributed by atoms with Gasteiger partial charge in [0.15, 0.2) is 0 Å². The predicted molar refractivity (Wildman–Crippen MR) is 71.6 cm³/mol. The van der Waals surface area contributed by atoms with Crippen molar-refractivity contribution in [3.05, 3.63) is 23.8 Å². The Kier molecular flexibility index (Phi) is 4.63. The molecule has 1 aromatic carbocycles. The van der Waals surface area contributed by atoms with Gasteiger partial charge in [-0.25, -0.2) is 0 Å². The van der Waals surface area contributed by atoms with Crippen molar-refractivity contribution in [2.45, 2.75) is 18.6 Å². The van der Waals surface area contributed by atoms with Crippen LogP contribution in [0.4, 0.5) is 0 Å². The minimum absolute atomic E-state index is 0.404. The molecule has 19 heavy (non-hydrogen) atoms. The number of methoxy groups -OCH3 is 2. The average molecular weight is 267 g/mol. The maximum absolute atomic E-state index is 10.1. The molecule has 1 saturated heterocycles. The molecule has 1 heterocycles. The van der Waals surface area contributed by atoms with E-state index >= 15 is 0 Å². The summed E-state index contributed by atoms with van der Waals surface area (Å²) in [7, 11) is 3.26. The number of ether oxygens (including phenoxy) is 3. The third-order valence-electron chi connectivity index (χ3n) is 3.28. The molecular weight excluding hydrogens is 246 g/mol. The first-order valence-electron chi connectivity index (χ1n) is 6.38. The summed E-state index contributed by atoms with van der Waals surface area (Å²) in [6.07, 6.45) is 0.682. The zero-order valence-electron chi connectivity index (χ0n) is 11.4. The van der Waals surface area contributed by atoms with Gasteiger partial charge in [0.05, 0.1) is 20.8 Å². The van der Waals surface area contributed by atoms with Crippen molar-refractivity contribution in [3.63, 3.8) is 0 Å². The van der Waals surface area contributed by atoms with E-state index in [2.05, 4.69) is 5.32 Å². The first-order chi connectivity index (χ1) is 9.15. The van der Waals surface area contributed by atoms with Gasteiger partial charge >= 0.3 is 0 Å². The molecule has 0 saturated carbocycles. The van der Waals surface area contributed by atoms with E-state index in [0.717, 1.165) is 17.1 Å². The van der Waals surface area contributed by atoms with Gasteiger partial charge < -0.3 is 24.6 Å². The summed E-state index contributed by atoms with van der Waals surface area (Å²) in [6, 6.07) is 5.73. The number of hydrogen-bond acceptors (Lipinski definition) is 5. The Labute approximate surface area is 113 Å². The third kappa shape index (κ3) is 3.83. The largest absolute Gasteiger partial charge is 0.497 e. The highest BCUT2D eigenvalue weighted by molar-refractivity contribution is 5.38. The lowest BCUT2D eigenvalue weighted by Gasteiger charge is -2.20. The molecule has 1 aliphatic heterocycles. The van der Waals surface area contributed by atoms with Crippen LogP contribution in [0, 0.1) is 0 Å². The third-order valence-corrected chi connectivity index (χ3v) is 3.28. The lowest BCUT2D eigenvalue weighted by molar-refractivity contribution is 0.0268. The van der Waals surface area contributed by atoms with Crippen LogP contribution in [0.15, 0.2) is 18.2 Å². The van der Waals surface area contributed by atoms with Crippen LogP contribution in [-0.4, -0.2) is 44.7 Å². The van der Waals surface area contributed by atoms with Gasteiger partial charge in [0.2, 0.25) is 0 Å². The van der Waals surface area contributed by atoms with E-state index < -0.39 is 5.60 Å². The van der Waals surface area contributed by atoms with Crippen molar-refractivity contribution >= 4 is 0 Å². The minimum atomic E-state index is -0.733. The number of benzene rings is 1. The predicted octanol–water partition coefficient (Wildman–Crippen LogP) is 0.945. The summed E-state index contributed by atoms with van der Waals surface area (Å²) in [5.41, 5.74) is 0.321. The van der Waals surface area contributed by atoms with Crippen LogP contribution in [0.25, 0.3) is 0 Å². The molecule has 106 valence electrons. The van der Waals surface area contributed by atoms with Crippen LogP contribution in [-0.2, 0) is 11.3 Å². The lowest BCUT2D eigenvalue weighted by Crippen LogP contribution is -2.40. The SMILES string of the molecule is COc1cc(CNCC2(O)CCOC2)cc(OC)c1. The topological polar surface area (TPSA) is 60.0 Å². The van der Waals surface area contributed by atoms with Crippen LogP contribution in [0.1, 0.15) is 12.0 Å². The van der Waals surface area contributed by atoms with Crippen molar-refractivity contribution < 1.29 is 19.3 Å². The standard InChI is InChI=1S/C14H21NO4/c1-17-12-5-11(6-13(7-12)18-2)8-15-9-14(16)3-4-19-10-14/h5-7,15-16H,3-4,8-10H2,1-2H3. The molecule has 0 aliphatic carbocycles. The van der Waals surface area contributed by atoms with Gasteiger partial charge in [-0.3, -0.25) is 0 Å². The molecule has 5 heteroatoms. The van der Waals surface area contributed by atoms with Crippen LogP contribution in [0.5, 0.6) is 11.5 Å². The molecule has 1 atom stereocenters. The first kappa shape index (κ1) is 14.1. The van der Waals surface area contributed by atoms with Crippen molar-refractivity contribution in [3.8, 4) is 11.5 Å². The van der Waals surface area contributed by atoms with E-state index in [0.29, 0.717) is 32.7 Å². The second-order valence-electron chi connectivity index (χ2n) is 4.85. The maximum atomic E-state index is 10.1. The zero-order chi connectivity index (χ0) is 13.7. The van der Waals surface area contributed by atoms with Crippen LogP contribution < -0.4 is 14.8 Å². The van der Waals surface area contributed by atoms with Crippen LogP contribution >= 0.6 is 0 Å². The van der Waals surface area contributed by atoms with Crippen molar-refractivity contribution in [2.24, 2.45) is 0 Å². The summed E-state index contributed by atoms with van der Waals surface area (Å²) < 4.78 is 15.6. The highest BCUT2D eigenvalue weighted by Gasteiger charge is 2.31. The van der Waals surface area contributed by atoms with E-state index in [-0.39, 0.29) is 0 Å². The molecule has 1 aromatic rings. The van der Waals surface area contributed by atoms with Crippen LogP contribution in [0.3, 0.4) is 0 Å². The van der Waals surface area contributed by atoms with Crippen molar-refractivity contribution in [1.82, 2.24) is 5.32 Å². The zero-order valence-corrected chi connectivity index (χ0v) is 11.4. The molecule has 5 nitrogen and oxygen atoms in total. The van der Waals surface area contributed by atoms with E-state index in [1.54, 1.807) is 14.2 Å². The van der Waals surface area contributed by atoms with Gasteiger partial charge in [-0.15, -0.1) is 0 Å². The molecule has 2 N–H and O–H groups in total. The summed E-state index contributed by atoms with van der Waals surface area (Å²) in [6.45, 7) is 2.20. The van der Waals surface area contributed by atoms with Gasteiger partial charge in [-0.05, 0) is 17.7 Å². The summed E-state index contributed by atoms with van der Waals surface area (Å²) >= 11 is 0. The maximum Gasteiger partial charge on any atom is 0.122 e. The highest BCUT2D eigenvalue weighted by Crippen LogP contribution is 2.23. The van der Waals surface area contributed by atoms with E-state index in [1.807, 2.05) is 18.2 Å². The molecular formula is C14H21NO4. The van der Waals surface area contributed by atoms with Gasteiger partial charge in [0.25, 0.3) is 0 Å². The van der Waals surface area contributed by atoms with Crippen LogP contribution in [0.2, 0.25) is 0 Å². The van der Waals surface area contributed by atoms with Gasteiger partial charge in [0.1, 0.15) is 17.1 Å². The Bertz CT molecular complexity index is 394. The first-order valence-corrected chi connectivity index (χ1v) is 6.38. The number of hydrogen-bond donors (Lipinski definition) is 2. The summed E-state index contributed by atoms with van der Waals surface area (Å²) in [5.74, 6) is 1.53. The van der Waals surface area contributed by atoms with Crippen molar-refractivity contribution in [1.29, 1.82) is 0 Å². The summed E-state index contributed by atoms with van der Waals surface area (Å²) in [4.78, 5) is 0. The molecule has 1 unspecified atom stereocenters. The van der Waals surface area contributed by atoms with E-state index in [4.69, 9.17) is 14.2 Å². The molecule has 0 radical (unpaired) electrons. The monoisotopic (exact) mass is 267 g/mol. The molecule has 1 aliphatic rings. The van der Waals surface area contributed by atoms with E-state index in [1.165, 1.54) is 0 Å². The second-order valence-corrected chi connectivity index (χ2v) is 4.85. The molecule has 0 aromatic heterocycles. The number of aliphatic hydroxyl groups is 1. The van der Waals surface area contributed by atoms with Gasteiger partial charge in [-0.2, -0.15) is 0 Å². The summed E-state index contributed by atoms with van der Waals surface area (Å²) in [5, 5.41) is 13.4. The number of rotatable bonds is 6. The Morgan fingerprint density at radius 2 is 1.95 bits per heavy atom. The quantitative estimate of drug-likeness (QED) is 0.803. The fourth-order valence-electron chi connectivity index (χ4n) is 2.14. The molecule has 2 rings (SSSR count).